The molecule has 1 fully saturated rings. The second kappa shape index (κ2) is 12.4. The van der Waals surface area contributed by atoms with E-state index in [1.54, 1.807) is 30.5 Å². The van der Waals surface area contributed by atoms with Crippen LogP contribution in [0.4, 0.5) is 24.8 Å². The third kappa shape index (κ3) is 7.31. The Labute approximate surface area is 220 Å². The summed E-state index contributed by atoms with van der Waals surface area (Å²) in [6.07, 6.45) is 4.45. The summed E-state index contributed by atoms with van der Waals surface area (Å²) in [6.45, 7) is 5.38. The molecular weight excluding hydrogens is 495 g/mol. The molecule has 8 nitrogen and oxygen atoms in total. The second-order valence-corrected chi connectivity index (χ2v) is 9.72. The molecule has 1 aliphatic heterocycles. The Morgan fingerprint density at radius 1 is 1.13 bits per heavy atom. The molecule has 1 amide bonds. The molecule has 0 aliphatic carbocycles. The number of carbonyl (C=O) groups is 1. The van der Waals surface area contributed by atoms with E-state index in [4.69, 9.17) is 5.73 Å². The molecule has 204 valence electrons. The van der Waals surface area contributed by atoms with Crippen molar-refractivity contribution < 1.29 is 18.0 Å². The van der Waals surface area contributed by atoms with Gasteiger partial charge >= 0.3 is 6.18 Å². The molecule has 3 heterocycles. The maximum Gasteiger partial charge on any atom is 0.419 e. The number of hydrogen-bond donors (Lipinski definition) is 2. The lowest BCUT2D eigenvalue weighted by Crippen LogP contribution is -2.35. The molecule has 1 saturated heterocycles. The summed E-state index contributed by atoms with van der Waals surface area (Å²) in [4.78, 5) is 22.0. The second-order valence-electron chi connectivity index (χ2n) is 9.72. The number of carbonyl (C=O) groups excluding carboxylic acids is 1. The summed E-state index contributed by atoms with van der Waals surface area (Å²) in [6, 6.07) is 7.38. The van der Waals surface area contributed by atoms with Crippen LogP contribution >= 0.6 is 0 Å². The lowest BCUT2D eigenvalue weighted by molar-refractivity contribution is -0.138. The zero-order valence-electron chi connectivity index (χ0n) is 21.5. The van der Waals surface area contributed by atoms with Gasteiger partial charge in [-0.2, -0.15) is 18.3 Å². The highest BCUT2D eigenvalue weighted by molar-refractivity contribution is 5.77. The molecule has 3 N–H and O–H groups in total. The summed E-state index contributed by atoms with van der Waals surface area (Å²) in [5, 5.41) is 7.48. The van der Waals surface area contributed by atoms with Crippen LogP contribution in [-0.2, 0) is 30.2 Å². The Morgan fingerprint density at radius 2 is 1.87 bits per heavy atom. The number of halogens is 3. The first kappa shape index (κ1) is 27.6. The SMILES string of the molecule is CCCCN1CCC(n2cc(Nc3ncc(C(F)(F)F)c(CCc4ccccc4CC(N)=O)n3)cn2)CC1. The number of amides is 1. The number of piperidine rings is 1. The third-order valence-corrected chi connectivity index (χ3v) is 6.90. The summed E-state index contributed by atoms with van der Waals surface area (Å²) < 4.78 is 43.1. The minimum atomic E-state index is -4.59. The summed E-state index contributed by atoms with van der Waals surface area (Å²) in [5.74, 6) is -0.420. The van der Waals surface area contributed by atoms with Gasteiger partial charge in [-0.15, -0.1) is 0 Å². The van der Waals surface area contributed by atoms with Crippen molar-refractivity contribution in [2.75, 3.05) is 25.0 Å². The first-order chi connectivity index (χ1) is 18.2. The van der Waals surface area contributed by atoms with E-state index in [1.807, 2.05) is 10.9 Å². The number of nitrogens with zero attached hydrogens (tertiary/aromatic N) is 5. The van der Waals surface area contributed by atoms with Crippen LogP contribution in [0.1, 0.15) is 61.0 Å². The summed E-state index contributed by atoms with van der Waals surface area (Å²) in [5.41, 5.74) is 6.41. The van der Waals surface area contributed by atoms with Crippen LogP contribution in [0, 0.1) is 0 Å². The Kier molecular flexibility index (Phi) is 8.98. The fourth-order valence-electron chi connectivity index (χ4n) is 4.84. The number of aromatic nitrogens is 4. The standard InChI is InChI=1S/C27H34F3N7O/c1-2-3-12-36-13-10-22(11-14-36)37-18-21(16-33-37)34-26-32-17-23(27(28,29)30)24(35-26)9-8-19-6-4-5-7-20(19)15-25(31)38/h4-7,16-18,22H,2-3,8-15H2,1H3,(H2,31,38)(H,32,34,35). The molecule has 0 radical (unpaired) electrons. The van der Waals surface area contributed by atoms with Gasteiger partial charge in [-0.1, -0.05) is 37.6 Å². The van der Waals surface area contributed by atoms with Gasteiger partial charge in [0.15, 0.2) is 0 Å². The maximum atomic E-state index is 13.7. The normalized spacial score (nSPS) is 15.1. The Bertz CT molecular complexity index is 1220. The number of primary amides is 1. The minimum Gasteiger partial charge on any atom is -0.369 e. The van der Waals surface area contributed by atoms with Gasteiger partial charge < -0.3 is 16.0 Å². The number of likely N-dealkylation sites (tertiary alicyclic amines) is 1. The topological polar surface area (TPSA) is 102 Å². The number of hydrogen-bond acceptors (Lipinski definition) is 6. The van der Waals surface area contributed by atoms with Crippen molar-refractivity contribution in [2.45, 2.75) is 64.1 Å². The highest BCUT2D eigenvalue weighted by Crippen LogP contribution is 2.32. The lowest BCUT2D eigenvalue weighted by atomic mass is 9.98. The molecule has 1 aliphatic rings. The van der Waals surface area contributed by atoms with Gasteiger partial charge in [0.2, 0.25) is 11.9 Å². The largest absolute Gasteiger partial charge is 0.419 e. The van der Waals surface area contributed by atoms with Gasteiger partial charge in [0.25, 0.3) is 0 Å². The summed E-state index contributed by atoms with van der Waals surface area (Å²) >= 11 is 0. The molecule has 4 rings (SSSR count). The number of unbranched alkanes of at least 4 members (excludes halogenated alkanes) is 1. The van der Waals surface area contributed by atoms with E-state index in [2.05, 4.69) is 32.2 Å². The number of rotatable bonds is 11. The number of nitrogens with one attached hydrogen (secondary N) is 1. The molecule has 3 aromatic rings. The van der Waals surface area contributed by atoms with Gasteiger partial charge in [-0.05, 0) is 49.8 Å². The molecule has 0 saturated carbocycles. The zero-order chi connectivity index (χ0) is 27.1. The van der Waals surface area contributed by atoms with Gasteiger partial charge in [-0.3, -0.25) is 9.48 Å². The first-order valence-electron chi connectivity index (χ1n) is 13.0. The van der Waals surface area contributed by atoms with Crippen LogP contribution in [0.5, 0.6) is 0 Å². The van der Waals surface area contributed by atoms with Crippen molar-refractivity contribution in [1.82, 2.24) is 24.6 Å². The van der Waals surface area contributed by atoms with Crippen LogP contribution in [0.15, 0.2) is 42.9 Å². The quantitative estimate of drug-likeness (QED) is 0.374. The monoisotopic (exact) mass is 529 g/mol. The molecule has 0 bridgehead atoms. The van der Waals surface area contributed by atoms with E-state index in [0.29, 0.717) is 11.3 Å². The molecule has 2 aromatic heterocycles. The van der Waals surface area contributed by atoms with Gasteiger partial charge in [0, 0.05) is 25.5 Å². The number of alkyl halides is 3. The number of nitrogens with two attached hydrogens (primary N) is 1. The third-order valence-electron chi connectivity index (χ3n) is 6.90. The number of anilines is 2. The van der Waals surface area contributed by atoms with E-state index in [-0.39, 0.29) is 36.9 Å². The van der Waals surface area contributed by atoms with Gasteiger partial charge in [0.05, 0.1) is 35.6 Å². The van der Waals surface area contributed by atoms with Gasteiger partial charge in [-0.25, -0.2) is 9.97 Å². The van der Waals surface area contributed by atoms with Crippen LogP contribution < -0.4 is 11.1 Å². The zero-order valence-corrected chi connectivity index (χ0v) is 21.5. The number of benzene rings is 1. The number of aryl methyl sites for hydroxylation is 2. The molecule has 38 heavy (non-hydrogen) atoms. The smallest absolute Gasteiger partial charge is 0.369 e. The van der Waals surface area contributed by atoms with Crippen LogP contribution in [0.25, 0.3) is 0 Å². The van der Waals surface area contributed by atoms with Crippen molar-refractivity contribution in [2.24, 2.45) is 5.73 Å². The van der Waals surface area contributed by atoms with Crippen molar-refractivity contribution in [3.05, 3.63) is 65.2 Å². The fraction of sp³-hybridized carbons (Fsp3) is 0.481. The fourth-order valence-corrected chi connectivity index (χ4v) is 4.84. The van der Waals surface area contributed by atoms with E-state index in [9.17, 15) is 18.0 Å². The molecule has 0 unspecified atom stereocenters. The highest BCUT2D eigenvalue weighted by atomic mass is 19.4. The predicted molar refractivity (Wildman–Crippen MR) is 139 cm³/mol. The molecule has 1 aromatic carbocycles. The Balaban J connectivity index is 1.45. The minimum absolute atomic E-state index is 0.0255. The van der Waals surface area contributed by atoms with Crippen molar-refractivity contribution in [1.29, 1.82) is 0 Å². The lowest BCUT2D eigenvalue weighted by Gasteiger charge is -2.31. The summed E-state index contributed by atoms with van der Waals surface area (Å²) in [7, 11) is 0. The molecule has 0 atom stereocenters. The van der Waals surface area contributed by atoms with Crippen LogP contribution in [0.3, 0.4) is 0 Å². The van der Waals surface area contributed by atoms with E-state index in [1.165, 1.54) is 12.8 Å². The van der Waals surface area contributed by atoms with E-state index < -0.39 is 17.6 Å². The first-order valence-corrected chi connectivity index (χ1v) is 13.0. The predicted octanol–water partition coefficient (Wildman–Crippen LogP) is 4.69. The van der Waals surface area contributed by atoms with E-state index in [0.717, 1.165) is 44.2 Å². The molecular formula is C27H34F3N7O. The highest BCUT2D eigenvalue weighted by Gasteiger charge is 2.35. The maximum absolute atomic E-state index is 13.7. The van der Waals surface area contributed by atoms with Crippen LogP contribution in [0.2, 0.25) is 0 Å². The van der Waals surface area contributed by atoms with E-state index >= 15 is 0 Å². The van der Waals surface area contributed by atoms with Crippen molar-refractivity contribution in [3.8, 4) is 0 Å². The molecule has 11 heteroatoms. The molecule has 0 spiro atoms. The van der Waals surface area contributed by atoms with Crippen molar-refractivity contribution in [3.63, 3.8) is 0 Å². The van der Waals surface area contributed by atoms with Gasteiger partial charge in [0.1, 0.15) is 0 Å². The average molecular weight is 530 g/mol. The van der Waals surface area contributed by atoms with Crippen LogP contribution in [-0.4, -0.2) is 50.2 Å². The Hall–Kier alpha value is -3.47. The Morgan fingerprint density at radius 3 is 2.55 bits per heavy atom. The average Bonchev–Trinajstić information content (AvgIpc) is 3.35. The van der Waals surface area contributed by atoms with Crippen molar-refractivity contribution >= 4 is 17.5 Å².